The Balaban J connectivity index is 2.13. The molecule has 1 aliphatic heterocycles. The second-order valence-electron chi connectivity index (χ2n) is 6.19. The Morgan fingerprint density at radius 1 is 1.25 bits per heavy atom. The molecular formula is C14H26N2. The molecule has 0 atom stereocenters. The van der Waals surface area contributed by atoms with Crippen LogP contribution in [0.25, 0.3) is 0 Å². The maximum atomic E-state index is 3.92. The highest BCUT2D eigenvalue weighted by Crippen LogP contribution is 2.36. The van der Waals surface area contributed by atoms with Crippen molar-refractivity contribution in [3.05, 3.63) is 12.7 Å². The zero-order chi connectivity index (χ0) is 11.6. The molecule has 1 saturated heterocycles. The monoisotopic (exact) mass is 222 g/mol. The van der Waals surface area contributed by atoms with Crippen molar-refractivity contribution < 1.29 is 0 Å². The number of hydrogen-bond acceptors (Lipinski definition) is 2. The van der Waals surface area contributed by atoms with E-state index in [1.54, 1.807) is 0 Å². The molecule has 2 rings (SSSR count). The minimum absolute atomic E-state index is 0.256. The van der Waals surface area contributed by atoms with Gasteiger partial charge in [0.25, 0.3) is 0 Å². The van der Waals surface area contributed by atoms with E-state index in [-0.39, 0.29) is 5.54 Å². The molecule has 0 bridgehead atoms. The van der Waals surface area contributed by atoms with Gasteiger partial charge < -0.3 is 5.32 Å². The molecule has 0 aromatic heterocycles. The summed E-state index contributed by atoms with van der Waals surface area (Å²) in [6, 6.07) is 0. The third kappa shape index (κ3) is 2.33. The first-order valence-electron chi connectivity index (χ1n) is 6.69. The van der Waals surface area contributed by atoms with Gasteiger partial charge in [-0.1, -0.05) is 25.3 Å². The van der Waals surface area contributed by atoms with Crippen molar-refractivity contribution >= 4 is 0 Å². The van der Waals surface area contributed by atoms with Crippen molar-refractivity contribution in [1.82, 2.24) is 10.2 Å². The SMILES string of the molecule is C=CCN1CC(C)(C)NCC12CCCCC2. The van der Waals surface area contributed by atoms with Crippen LogP contribution in [0.5, 0.6) is 0 Å². The Morgan fingerprint density at radius 2 is 1.94 bits per heavy atom. The van der Waals surface area contributed by atoms with Gasteiger partial charge in [0.05, 0.1) is 0 Å². The van der Waals surface area contributed by atoms with Crippen molar-refractivity contribution in [2.45, 2.75) is 57.0 Å². The molecule has 0 amide bonds. The average molecular weight is 222 g/mol. The summed E-state index contributed by atoms with van der Waals surface area (Å²) in [5.74, 6) is 0. The largest absolute Gasteiger partial charge is 0.309 e. The van der Waals surface area contributed by atoms with Gasteiger partial charge in [0.2, 0.25) is 0 Å². The van der Waals surface area contributed by atoms with Crippen LogP contribution < -0.4 is 5.32 Å². The summed E-state index contributed by atoms with van der Waals surface area (Å²) in [6.45, 7) is 11.9. The van der Waals surface area contributed by atoms with Gasteiger partial charge in [-0.25, -0.2) is 0 Å². The van der Waals surface area contributed by atoms with Gasteiger partial charge >= 0.3 is 0 Å². The smallest absolute Gasteiger partial charge is 0.0338 e. The lowest BCUT2D eigenvalue weighted by atomic mass is 9.77. The maximum absolute atomic E-state index is 3.92. The van der Waals surface area contributed by atoms with E-state index in [9.17, 15) is 0 Å². The van der Waals surface area contributed by atoms with Crippen LogP contribution in [0.4, 0.5) is 0 Å². The summed E-state index contributed by atoms with van der Waals surface area (Å²) in [5, 5.41) is 3.73. The number of hydrogen-bond donors (Lipinski definition) is 1. The third-order valence-electron chi connectivity index (χ3n) is 4.29. The molecule has 0 unspecified atom stereocenters. The second kappa shape index (κ2) is 4.50. The number of nitrogens with one attached hydrogen (secondary N) is 1. The second-order valence-corrected chi connectivity index (χ2v) is 6.19. The predicted molar refractivity (Wildman–Crippen MR) is 69.7 cm³/mol. The standard InChI is InChI=1S/C14H26N2/c1-4-10-16-12-13(2,3)15-11-14(16)8-6-5-7-9-14/h4,15H,1,5-12H2,2-3H3. The van der Waals surface area contributed by atoms with E-state index in [2.05, 4.69) is 36.7 Å². The fourth-order valence-corrected chi connectivity index (χ4v) is 3.33. The van der Waals surface area contributed by atoms with E-state index in [1.165, 1.54) is 32.1 Å². The molecule has 92 valence electrons. The van der Waals surface area contributed by atoms with E-state index >= 15 is 0 Å². The minimum Gasteiger partial charge on any atom is -0.309 e. The van der Waals surface area contributed by atoms with Gasteiger partial charge in [-0.2, -0.15) is 0 Å². The van der Waals surface area contributed by atoms with E-state index in [0.29, 0.717) is 5.54 Å². The molecule has 2 nitrogen and oxygen atoms in total. The molecule has 1 saturated carbocycles. The van der Waals surface area contributed by atoms with Gasteiger partial charge in [0.15, 0.2) is 0 Å². The van der Waals surface area contributed by atoms with Crippen LogP contribution in [-0.4, -0.2) is 35.6 Å². The van der Waals surface area contributed by atoms with Crippen LogP contribution in [0.15, 0.2) is 12.7 Å². The van der Waals surface area contributed by atoms with E-state index < -0.39 is 0 Å². The fourth-order valence-electron chi connectivity index (χ4n) is 3.33. The number of nitrogens with zero attached hydrogens (tertiary/aromatic N) is 1. The number of rotatable bonds is 2. The van der Waals surface area contributed by atoms with Gasteiger partial charge in [0.1, 0.15) is 0 Å². The summed E-state index contributed by atoms with van der Waals surface area (Å²) in [4.78, 5) is 2.68. The van der Waals surface area contributed by atoms with Crippen LogP contribution in [0.1, 0.15) is 46.0 Å². The zero-order valence-electron chi connectivity index (χ0n) is 10.9. The van der Waals surface area contributed by atoms with E-state index in [1.807, 2.05) is 0 Å². The first-order valence-corrected chi connectivity index (χ1v) is 6.69. The van der Waals surface area contributed by atoms with Crippen LogP contribution in [0, 0.1) is 0 Å². The Kier molecular flexibility index (Phi) is 3.41. The fraction of sp³-hybridized carbons (Fsp3) is 0.857. The van der Waals surface area contributed by atoms with Gasteiger partial charge in [-0.15, -0.1) is 6.58 Å². The van der Waals surface area contributed by atoms with E-state index in [4.69, 9.17) is 0 Å². The molecule has 2 heteroatoms. The predicted octanol–water partition coefficient (Wildman–Crippen LogP) is 2.56. The summed E-state index contributed by atoms with van der Waals surface area (Å²) in [5.41, 5.74) is 0.688. The third-order valence-corrected chi connectivity index (χ3v) is 4.29. The molecule has 0 radical (unpaired) electrons. The Bertz CT molecular complexity index is 251. The quantitative estimate of drug-likeness (QED) is 0.722. The van der Waals surface area contributed by atoms with E-state index in [0.717, 1.165) is 19.6 Å². The number of piperazine rings is 1. The molecule has 0 aromatic rings. The van der Waals surface area contributed by atoms with Gasteiger partial charge in [-0.05, 0) is 26.7 Å². The van der Waals surface area contributed by atoms with Crippen LogP contribution in [0.2, 0.25) is 0 Å². The highest BCUT2D eigenvalue weighted by Gasteiger charge is 2.43. The van der Waals surface area contributed by atoms with Gasteiger partial charge in [0, 0.05) is 30.7 Å². The normalized spacial score (nSPS) is 29.1. The molecule has 1 aliphatic carbocycles. The molecule has 1 N–H and O–H groups in total. The zero-order valence-corrected chi connectivity index (χ0v) is 10.9. The average Bonchev–Trinajstić information content (AvgIpc) is 2.26. The lowest BCUT2D eigenvalue weighted by molar-refractivity contribution is -0.00109. The Labute approximate surface area is 100 Å². The first kappa shape index (κ1) is 12.1. The first-order chi connectivity index (χ1) is 7.58. The minimum atomic E-state index is 0.256. The Morgan fingerprint density at radius 3 is 2.56 bits per heavy atom. The molecule has 1 heterocycles. The molecule has 1 spiro atoms. The topological polar surface area (TPSA) is 15.3 Å². The highest BCUT2D eigenvalue weighted by molar-refractivity contribution is 5.04. The maximum Gasteiger partial charge on any atom is 0.0338 e. The summed E-state index contributed by atoms with van der Waals surface area (Å²) < 4.78 is 0. The summed E-state index contributed by atoms with van der Waals surface area (Å²) >= 11 is 0. The van der Waals surface area contributed by atoms with Crippen molar-refractivity contribution in [3.63, 3.8) is 0 Å². The van der Waals surface area contributed by atoms with Crippen molar-refractivity contribution in [3.8, 4) is 0 Å². The lowest BCUT2D eigenvalue weighted by Crippen LogP contribution is -2.68. The van der Waals surface area contributed by atoms with Crippen molar-refractivity contribution in [2.75, 3.05) is 19.6 Å². The molecule has 16 heavy (non-hydrogen) atoms. The summed E-state index contributed by atoms with van der Waals surface area (Å²) in [7, 11) is 0. The molecule has 2 aliphatic rings. The van der Waals surface area contributed by atoms with Crippen molar-refractivity contribution in [2.24, 2.45) is 0 Å². The molecular weight excluding hydrogens is 196 g/mol. The van der Waals surface area contributed by atoms with Gasteiger partial charge in [-0.3, -0.25) is 4.90 Å². The summed E-state index contributed by atoms with van der Waals surface area (Å²) in [6.07, 6.45) is 9.02. The molecule has 2 fully saturated rings. The Hall–Kier alpha value is -0.340. The molecule has 0 aromatic carbocycles. The van der Waals surface area contributed by atoms with Crippen LogP contribution in [-0.2, 0) is 0 Å². The lowest BCUT2D eigenvalue weighted by Gasteiger charge is -2.54. The van der Waals surface area contributed by atoms with Crippen molar-refractivity contribution in [1.29, 1.82) is 0 Å². The van der Waals surface area contributed by atoms with Crippen LogP contribution in [0.3, 0.4) is 0 Å². The highest BCUT2D eigenvalue weighted by atomic mass is 15.3. The van der Waals surface area contributed by atoms with Crippen LogP contribution >= 0.6 is 0 Å².